The van der Waals surface area contributed by atoms with E-state index < -0.39 is 5.60 Å². The summed E-state index contributed by atoms with van der Waals surface area (Å²) in [4.78, 5) is 16.2. The van der Waals surface area contributed by atoms with Crippen LogP contribution in [0.2, 0.25) is 0 Å². The molecular weight excluding hydrogens is 204 g/mol. The zero-order valence-electron chi connectivity index (χ0n) is 10.2. The second kappa shape index (κ2) is 4.61. The van der Waals surface area contributed by atoms with Crippen molar-refractivity contribution in [3.8, 4) is 0 Å². The summed E-state index contributed by atoms with van der Waals surface area (Å²) in [6, 6.07) is 1.74. The van der Waals surface area contributed by atoms with Crippen molar-refractivity contribution in [2.24, 2.45) is 0 Å². The van der Waals surface area contributed by atoms with E-state index in [1.165, 1.54) is 0 Å². The van der Waals surface area contributed by atoms with E-state index in [1.54, 1.807) is 26.1 Å². The number of hydrogen-bond acceptors (Lipinski definition) is 4. The highest BCUT2D eigenvalue weighted by Gasteiger charge is 2.30. The molecular formula is C12H18N2O2. The van der Waals surface area contributed by atoms with Crippen molar-refractivity contribution < 1.29 is 9.53 Å². The molecule has 1 aromatic rings. The molecule has 16 heavy (non-hydrogen) atoms. The van der Waals surface area contributed by atoms with Gasteiger partial charge in [-0.1, -0.05) is 0 Å². The summed E-state index contributed by atoms with van der Waals surface area (Å²) in [7, 11) is 0. The number of ether oxygens (including phenoxy) is 1. The van der Waals surface area contributed by atoms with Crippen LogP contribution in [0.1, 0.15) is 36.7 Å². The molecule has 0 saturated heterocycles. The van der Waals surface area contributed by atoms with Gasteiger partial charge in [0, 0.05) is 12.8 Å². The fourth-order valence-corrected chi connectivity index (χ4v) is 1.51. The van der Waals surface area contributed by atoms with E-state index >= 15 is 0 Å². The van der Waals surface area contributed by atoms with Crippen LogP contribution in [-0.2, 0) is 4.74 Å². The van der Waals surface area contributed by atoms with Crippen LogP contribution in [0.3, 0.4) is 0 Å². The van der Waals surface area contributed by atoms with Crippen LogP contribution in [0.5, 0.6) is 0 Å². The van der Waals surface area contributed by atoms with Gasteiger partial charge in [-0.2, -0.15) is 0 Å². The van der Waals surface area contributed by atoms with Crippen molar-refractivity contribution in [3.63, 3.8) is 0 Å². The van der Waals surface area contributed by atoms with Crippen LogP contribution >= 0.6 is 0 Å². The Morgan fingerprint density at radius 1 is 1.56 bits per heavy atom. The maximum absolute atomic E-state index is 12.2. The number of nitrogens with two attached hydrogens (primary N) is 1. The Labute approximate surface area is 95.8 Å². The van der Waals surface area contributed by atoms with Crippen molar-refractivity contribution in [1.29, 1.82) is 0 Å². The van der Waals surface area contributed by atoms with Gasteiger partial charge in [0.1, 0.15) is 11.4 Å². The fourth-order valence-electron chi connectivity index (χ4n) is 1.51. The highest BCUT2D eigenvalue weighted by molar-refractivity contribution is 6.05. The molecule has 0 atom stereocenters. The first-order valence-corrected chi connectivity index (χ1v) is 5.29. The van der Waals surface area contributed by atoms with Crippen molar-refractivity contribution in [3.05, 3.63) is 23.4 Å². The second-order valence-corrected chi connectivity index (χ2v) is 4.22. The Bertz CT molecular complexity index is 400. The number of hydrogen-bond donors (Lipinski definition) is 1. The van der Waals surface area contributed by atoms with E-state index in [9.17, 15) is 4.79 Å². The summed E-state index contributed by atoms with van der Waals surface area (Å²) in [6.45, 7) is 7.68. The molecule has 0 aliphatic carbocycles. The lowest BCUT2D eigenvalue weighted by atomic mass is 9.96. The molecule has 88 valence electrons. The standard InChI is InChI=1S/C12H18N2O2/c1-5-16-12(3,4)10(15)9-6-8(2)7-14-11(9)13/h6-7H,5H2,1-4H3,(H2,13,14). The van der Waals surface area contributed by atoms with E-state index in [-0.39, 0.29) is 11.6 Å². The number of aryl methyl sites for hydroxylation is 1. The third-order valence-electron chi connectivity index (χ3n) is 2.35. The number of rotatable bonds is 4. The third kappa shape index (κ3) is 2.58. The lowest BCUT2D eigenvalue weighted by Crippen LogP contribution is -2.35. The van der Waals surface area contributed by atoms with Crippen LogP contribution in [0.25, 0.3) is 0 Å². The molecule has 2 N–H and O–H groups in total. The largest absolute Gasteiger partial charge is 0.383 e. The molecule has 4 heteroatoms. The van der Waals surface area contributed by atoms with E-state index in [2.05, 4.69) is 4.98 Å². The number of nitrogens with zero attached hydrogens (tertiary/aromatic N) is 1. The summed E-state index contributed by atoms with van der Waals surface area (Å²) >= 11 is 0. The Hall–Kier alpha value is -1.42. The molecule has 0 fully saturated rings. The van der Waals surface area contributed by atoms with E-state index in [0.717, 1.165) is 5.56 Å². The number of nitrogen functional groups attached to an aromatic ring is 1. The van der Waals surface area contributed by atoms with Gasteiger partial charge in [0.05, 0.1) is 5.56 Å². The number of Topliss-reactive ketones (excluding diaryl/α,β-unsaturated/α-hetero) is 1. The number of carbonyl (C=O) groups is 1. The van der Waals surface area contributed by atoms with Gasteiger partial charge < -0.3 is 10.5 Å². The topological polar surface area (TPSA) is 65.2 Å². The molecule has 1 rings (SSSR count). The summed E-state index contributed by atoms with van der Waals surface area (Å²) in [5.41, 5.74) is 6.17. The zero-order valence-corrected chi connectivity index (χ0v) is 10.2. The van der Waals surface area contributed by atoms with Gasteiger partial charge in [0.25, 0.3) is 0 Å². The quantitative estimate of drug-likeness (QED) is 0.791. The molecule has 0 bridgehead atoms. The summed E-state index contributed by atoms with van der Waals surface area (Å²) in [5.74, 6) is 0.117. The minimum Gasteiger partial charge on any atom is -0.383 e. The van der Waals surface area contributed by atoms with Crippen LogP contribution < -0.4 is 5.73 Å². The van der Waals surface area contributed by atoms with Crippen molar-refractivity contribution >= 4 is 11.6 Å². The second-order valence-electron chi connectivity index (χ2n) is 4.22. The SMILES string of the molecule is CCOC(C)(C)C(=O)c1cc(C)cnc1N. The van der Waals surface area contributed by atoms with Gasteiger partial charge in [-0.25, -0.2) is 4.98 Å². The predicted molar refractivity (Wildman–Crippen MR) is 63.4 cm³/mol. The number of anilines is 1. The average Bonchev–Trinajstić information content (AvgIpc) is 2.20. The monoisotopic (exact) mass is 222 g/mol. The Kier molecular flexibility index (Phi) is 3.65. The molecule has 0 amide bonds. The zero-order chi connectivity index (χ0) is 12.3. The number of carbonyl (C=O) groups excluding carboxylic acids is 1. The predicted octanol–water partition coefficient (Wildman–Crippen LogP) is 1.97. The fraction of sp³-hybridized carbons (Fsp3) is 0.500. The lowest BCUT2D eigenvalue weighted by molar-refractivity contribution is 0.00130. The highest BCUT2D eigenvalue weighted by atomic mass is 16.5. The van der Waals surface area contributed by atoms with Gasteiger partial charge in [-0.3, -0.25) is 4.79 Å². The maximum Gasteiger partial charge on any atom is 0.197 e. The van der Waals surface area contributed by atoms with Gasteiger partial charge in [-0.05, 0) is 39.3 Å². The van der Waals surface area contributed by atoms with Crippen LogP contribution in [-0.4, -0.2) is 23.0 Å². The number of pyridine rings is 1. The van der Waals surface area contributed by atoms with Crippen LogP contribution in [0.4, 0.5) is 5.82 Å². The molecule has 0 unspecified atom stereocenters. The minimum absolute atomic E-state index is 0.136. The number of aromatic nitrogens is 1. The van der Waals surface area contributed by atoms with E-state index in [0.29, 0.717) is 12.2 Å². The third-order valence-corrected chi connectivity index (χ3v) is 2.35. The number of ketones is 1. The van der Waals surface area contributed by atoms with E-state index in [4.69, 9.17) is 10.5 Å². The molecule has 1 heterocycles. The Morgan fingerprint density at radius 3 is 2.75 bits per heavy atom. The summed E-state index contributed by atoms with van der Waals surface area (Å²) in [6.07, 6.45) is 1.64. The van der Waals surface area contributed by atoms with Crippen molar-refractivity contribution in [2.45, 2.75) is 33.3 Å². The summed E-state index contributed by atoms with van der Waals surface area (Å²) in [5, 5.41) is 0. The molecule has 0 aliphatic heterocycles. The molecule has 0 radical (unpaired) electrons. The smallest absolute Gasteiger partial charge is 0.197 e. The average molecular weight is 222 g/mol. The lowest BCUT2D eigenvalue weighted by Gasteiger charge is -2.23. The molecule has 0 saturated carbocycles. The van der Waals surface area contributed by atoms with Crippen LogP contribution in [0, 0.1) is 6.92 Å². The van der Waals surface area contributed by atoms with Gasteiger partial charge in [0.2, 0.25) is 0 Å². The molecule has 0 spiro atoms. The van der Waals surface area contributed by atoms with Gasteiger partial charge >= 0.3 is 0 Å². The molecule has 4 nitrogen and oxygen atoms in total. The molecule has 0 aromatic carbocycles. The molecule has 0 aliphatic rings. The first-order valence-electron chi connectivity index (χ1n) is 5.29. The van der Waals surface area contributed by atoms with Gasteiger partial charge in [0.15, 0.2) is 5.78 Å². The Morgan fingerprint density at radius 2 is 2.19 bits per heavy atom. The van der Waals surface area contributed by atoms with E-state index in [1.807, 2.05) is 13.8 Å². The maximum atomic E-state index is 12.2. The summed E-state index contributed by atoms with van der Waals surface area (Å²) < 4.78 is 5.41. The van der Waals surface area contributed by atoms with Crippen molar-refractivity contribution in [1.82, 2.24) is 4.98 Å². The van der Waals surface area contributed by atoms with Crippen molar-refractivity contribution in [2.75, 3.05) is 12.3 Å². The van der Waals surface area contributed by atoms with Crippen LogP contribution in [0.15, 0.2) is 12.3 Å². The minimum atomic E-state index is -0.863. The highest BCUT2D eigenvalue weighted by Crippen LogP contribution is 2.21. The van der Waals surface area contributed by atoms with Gasteiger partial charge in [-0.15, -0.1) is 0 Å². The first kappa shape index (κ1) is 12.6. The molecule has 1 aromatic heterocycles. The normalized spacial score (nSPS) is 11.5. The Balaban J connectivity index is 3.09. The first-order chi connectivity index (χ1) is 7.38.